The molecule has 2 aliphatic heterocycles. The van der Waals surface area contributed by atoms with E-state index in [0.29, 0.717) is 25.0 Å². The van der Waals surface area contributed by atoms with Crippen LogP contribution in [-0.4, -0.2) is 45.2 Å². The van der Waals surface area contributed by atoms with Crippen molar-refractivity contribution in [1.82, 2.24) is 26.0 Å². The molecule has 3 amide bonds. The van der Waals surface area contributed by atoms with Crippen LogP contribution in [0.1, 0.15) is 48.6 Å². The second kappa shape index (κ2) is 9.93. The van der Waals surface area contributed by atoms with Gasteiger partial charge in [0.2, 0.25) is 17.7 Å². The van der Waals surface area contributed by atoms with Crippen molar-refractivity contribution in [1.29, 1.82) is 0 Å². The SMILES string of the molecule is CC(C)[C@@H](C(=O)N[C@H]1CCc2cccc3c2N(C1=O)[C@H](C(=O)NCc1cn[nH]n1)C3)c1ccccc1. The van der Waals surface area contributed by atoms with Crippen molar-refractivity contribution in [3.63, 3.8) is 0 Å². The third-order valence-electron chi connectivity index (χ3n) is 7.04. The summed E-state index contributed by atoms with van der Waals surface area (Å²) < 4.78 is 0. The van der Waals surface area contributed by atoms with Gasteiger partial charge in [0.15, 0.2) is 0 Å². The molecule has 0 spiro atoms. The van der Waals surface area contributed by atoms with Gasteiger partial charge in [-0.15, -0.1) is 0 Å². The summed E-state index contributed by atoms with van der Waals surface area (Å²) >= 11 is 0. The van der Waals surface area contributed by atoms with Crippen LogP contribution >= 0.6 is 0 Å². The Kier molecular flexibility index (Phi) is 6.54. The Bertz CT molecular complexity index is 1260. The highest BCUT2D eigenvalue weighted by Gasteiger charge is 2.44. The number of hydrogen-bond acceptors (Lipinski definition) is 5. The Morgan fingerprint density at radius 1 is 1.11 bits per heavy atom. The summed E-state index contributed by atoms with van der Waals surface area (Å²) in [4.78, 5) is 42.2. The number of amides is 3. The molecule has 2 aliphatic rings. The van der Waals surface area contributed by atoms with Crippen molar-refractivity contribution in [2.75, 3.05) is 4.90 Å². The maximum atomic E-state index is 13.9. The summed E-state index contributed by atoms with van der Waals surface area (Å²) in [5, 5.41) is 16.2. The number of benzene rings is 2. The lowest BCUT2D eigenvalue weighted by atomic mass is 9.87. The van der Waals surface area contributed by atoms with Crippen molar-refractivity contribution in [3.8, 4) is 0 Å². The molecule has 0 unspecified atom stereocenters. The summed E-state index contributed by atoms with van der Waals surface area (Å²) in [7, 11) is 0. The zero-order valence-electron chi connectivity index (χ0n) is 20.4. The molecule has 3 atom stereocenters. The van der Waals surface area contributed by atoms with Crippen molar-refractivity contribution >= 4 is 23.4 Å². The molecule has 2 aromatic carbocycles. The van der Waals surface area contributed by atoms with Gasteiger partial charge in [-0.1, -0.05) is 62.4 Å². The van der Waals surface area contributed by atoms with Gasteiger partial charge in [-0.05, 0) is 35.4 Å². The average molecular weight is 487 g/mol. The van der Waals surface area contributed by atoms with E-state index >= 15 is 0 Å². The van der Waals surface area contributed by atoms with Crippen molar-refractivity contribution in [3.05, 3.63) is 77.1 Å². The van der Waals surface area contributed by atoms with Gasteiger partial charge in [0.1, 0.15) is 17.8 Å². The Morgan fingerprint density at radius 3 is 2.61 bits per heavy atom. The number of anilines is 1. The number of nitrogens with one attached hydrogen (secondary N) is 3. The van der Waals surface area contributed by atoms with E-state index in [9.17, 15) is 14.4 Å². The molecule has 0 saturated carbocycles. The molecule has 1 aromatic heterocycles. The minimum absolute atomic E-state index is 0.0546. The lowest BCUT2D eigenvalue weighted by Gasteiger charge is -2.29. The highest BCUT2D eigenvalue weighted by molar-refractivity contribution is 6.08. The Labute approximate surface area is 209 Å². The predicted octanol–water partition coefficient (Wildman–Crippen LogP) is 2.25. The molecule has 0 aliphatic carbocycles. The lowest BCUT2D eigenvalue weighted by molar-refractivity contribution is -0.130. The normalized spacial score (nSPS) is 19.5. The van der Waals surface area contributed by atoms with Crippen molar-refractivity contribution in [2.45, 2.75) is 57.7 Å². The fourth-order valence-electron chi connectivity index (χ4n) is 5.34. The smallest absolute Gasteiger partial charge is 0.250 e. The van der Waals surface area contributed by atoms with E-state index in [0.717, 1.165) is 22.4 Å². The van der Waals surface area contributed by atoms with Gasteiger partial charge in [0, 0.05) is 6.42 Å². The van der Waals surface area contributed by atoms with E-state index in [1.54, 1.807) is 11.1 Å². The molecule has 3 aromatic rings. The number of aromatic amines is 1. The topological polar surface area (TPSA) is 120 Å². The van der Waals surface area contributed by atoms with Crippen LogP contribution in [0, 0.1) is 5.92 Å². The lowest BCUT2D eigenvalue weighted by Crippen LogP contribution is -2.55. The average Bonchev–Trinajstić information content (AvgIpc) is 3.50. The van der Waals surface area contributed by atoms with Gasteiger partial charge in [-0.25, -0.2) is 0 Å². The number of aryl methyl sites for hydroxylation is 1. The largest absolute Gasteiger partial charge is 0.348 e. The van der Waals surface area contributed by atoms with Crippen molar-refractivity contribution < 1.29 is 14.4 Å². The van der Waals surface area contributed by atoms with Crippen molar-refractivity contribution in [2.24, 2.45) is 5.92 Å². The van der Waals surface area contributed by atoms with Crippen LogP contribution in [0.2, 0.25) is 0 Å². The third kappa shape index (κ3) is 4.48. The highest BCUT2D eigenvalue weighted by atomic mass is 16.2. The monoisotopic (exact) mass is 486 g/mol. The van der Waals surface area contributed by atoms with Gasteiger partial charge < -0.3 is 10.6 Å². The van der Waals surface area contributed by atoms with Crippen LogP contribution < -0.4 is 15.5 Å². The van der Waals surface area contributed by atoms with Crippen LogP contribution in [0.4, 0.5) is 5.69 Å². The summed E-state index contributed by atoms with van der Waals surface area (Å²) in [6.45, 7) is 4.22. The summed E-state index contributed by atoms with van der Waals surface area (Å²) in [6, 6.07) is 14.2. The van der Waals surface area contributed by atoms with Crippen LogP contribution in [-0.2, 0) is 33.8 Å². The standard InChI is InChI=1S/C27H30N6O3/c1-16(2)23(17-7-4-3-5-8-17)26(35)30-21-12-11-18-9-6-10-19-13-22(33(24(18)19)27(21)36)25(34)28-14-20-15-29-32-31-20/h3-10,15-16,21-23H,11-14H2,1-2H3,(H,28,34)(H,30,35)(H,29,31,32)/t21-,22-,23+/m0/s1. The predicted molar refractivity (Wildman–Crippen MR) is 134 cm³/mol. The van der Waals surface area contributed by atoms with E-state index in [4.69, 9.17) is 0 Å². The van der Waals surface area contributed by atoms with E-state index in [-0.39, 0.29) is 36.1 Å². The number of nitrogens with zero attached hydrogens (tertiary/aromatic N) is 3. The Balaban J connectivity index is 1.39. The molecule has 0 radical (unpaired) electrons. The van der Waals surface area contributed by atoms with E-state index in [2.05, 4.69) is 26.0 Å². The van der Waals surface area contributed by atoms with Gasteiger partial charge in [0.25, 0.3) is 0 Å². The molecule has 5 rings (SSSR count). The van der Waals surface area contributed by atoms with Gasteiger partial charge in [0.05, 0.1) is 24.3 Å². The molecule has 9 heteroatoms. The molecular formula is C27H30N6O3. The van der Waals surface area contributed by atoms with Crippen LogP contribution in [0.15, 0.2) is 54.7 Å². The molecule has 0 saturated heterocycles. The number of carbonyl (C=O) groups excluding carboxylic acids is 3. The Morgan fingerprint density at radius 2 is 1.89 bits per heavy atom. The molecule has 9 nitrogen and oxygen atoms in total. The van der Waals surface area contributed by atoms with E-state index in [1.165, 1.54) is 0 Å². The summed E-state index contributed by atoms with van der Waals surface area (Å²) in [5.74, 6) is -1.000. The minimum atomic E-state index is -0.716. The fraction of sp³-hybridized carbons (Fsp3) is 0.370. The molecule has 0 fully saturated rings. The van der Waals surface area contributed by atoms with Gasteiger partial charge >= 0.3 is 0 Å². The summed E-state index contributed by atoms with van der Waals surface area (Å²) in [5.41, 5.74) is 4.33. The molecule has 36 heavy (non-hydrogen) atoms. The van der Waals surface area contributed by atoms with Crippen LogP contribution in [0.5, 0.6) is 0 Å². The van der Waals surface area contributed by atoms with Crippen LogP contribution in [0.25, 0.3) is 0 Å². The molecule has 186 valence electrons. The summed E-state index contributed by atoms with van der Waals surface area (Å²) in [6.07, 6.45) is 3.09. The van der Waals surface area contributed by atoms with Crippen LogP contribution in [0.3, 0.4) is 0 Å². The maximum Gasteiger partial charge on any atom is 0.250 e. The number of rotatable bonds is 7. The molecule has 0 bridgehead atoms. The van der Waals surface area contributed by atoms with Gasteiger partial charge in [-0.2, -0.15) is 15.4 Å². The minimum Gasteiger partial charge on any atom is -0.348 e. The Hall–Kier alpha value is -4.01. The second-order valence-corrected chi connectivity index (χ2v) is 9.76. The second-order valence-electron chi connectivity index (χ2n) is 9.76. The molecular weight excluding hydrogens is 456 g/mol. The number of aromatic nitrogens is 3. The first-order chi connectivity index (χ1) is 17.4. The first kappa shape index (κ1) is 23.7. The first-order valence-corrected chi connectivity index (χ1v) is 12.4. The third-order valence-corrected chi connectivity index (χ3v) is 7.04. The first-order valence-electron chi connectivity index (χ1n) is 12.4. The fourth-order valence-corrected chi connectivity index (χ4v) is 5.34. The maximum absolute atomic E-state index is 13.9. The quantitative estimate of drug-likeness (QED) is 0.473. The highest BCUT2D eigenvalue weighted by Crippen LogP contribution is 2.39. The number of para-hydroxylation sites is 1. The number of carbonyl (C=O) groups is 3. The zero-order valence-corrected chi connectivity index (χ0v) is 20.4. The zero-order chi connectivity index (χ0) is 25.2. The molecule has 3 N–H and O–H groups in total. The number of H-pyrrole nitrogens is 1. The molecule has 3 heterocycles. The van der Waals surface area contributed by atoms with Gasteiger partial charge in [-0.3, -0.25) is 19.3 Å². The van der Waals surface area contributed by atoms with E-state index in [1.807, 2.05) is 62.4 Å². The number of hydrogen-bond donors (Lipinski definition) is 3. The van der Waals surface area contributed by atoms with E-state index < -0.39 is 12.1 Å².